The van der Waals surface area contributed by atoms with Crippen LogP contribution in [-0.4, -0.2) is 79.7 Å². The van der Waals surface area contributed by atoms with E-state index in [1.54, 1.807) is 17.0 Å². The first-order chi connectivity index (χ1) is 17.3. The lowest BCUT2D eigenvalue weighted by Gasteiger charge is -2.35. The fraction of sp³-hybridized carbons (Fsp3) is 0.423. The van der Waals surface area contributed by atoms with E-state index in [1.165, 1.54) is 22.5 Å². The fourth-order valence-electron chi connectivity index (χ4n) is 4.65. The molecule has 2 saturated heterocycles. The van der Waals surface area contributed by atoms with E-state index in [1.807, 2.05) is 25.1 Å². The SMILES string of the molecule is C=CC(=O)NC1CCCCN(S(=O)(=O)c2ccc(C(=O)N3CCN(c4cccc(C)n4)CC3)cc2)C1. The third-order valence-corrected chi connectivity index (χ3v) is 8.55. The van der Waals surface area contributed by atoms with Crippen LogP contribution < -0.4 is 10.2 Å². The minimum Gasteiger partial charge on any atom is -0.353 e. The number of anilines is 1. The van der Waals surface area contributed by atoms with Crippen molar-refractivity contribution in [3.63, 3.8) is 0 Å². The summed E-state index contributed by atoms with van der Waals surface area (Å²) in [7, 11) is -3.75. The predicted octanol–water partition coefficient (Wildman–Crippen LogP) is 2.20. The number of pyridine rings is 1. The maximum atomic E-state index is 13.3. The van der Waals surface area contributed by atoms with Crippen molar-refractivity contribution in [2.45, 2.75) is 37.1 Å². The molecule has 1 aromatic heterocycles. The molecule has 10 heteroatoms. The molecule has 36 heavy (non-hydrogen) atoms. The largest absolute Gasteiger partial charge is 0.353 e. The Hall–Kier alpha value is -3.24. The first-order valence-corrected chi connectivity index (χ1v) is 13.7. The zero-order valence-corrected chi connectivity index (χ0v) is 21.4. The number of nitrogens with zero attached hydrogens (tertiary/aromatic N) is 4. The minimum absolute atomic E-state index is 0.113. The Morgan fingerprint density at radius 3 is 2.42 bits per heavy atom. The van der Waals surface area contributed by atoms with Gasteiger partial charge in [0.15, 0.2) is 0 Å². The van der Waals surface area contributed by atoms with Gasteiger partial charge in [-0.3, -0.25) is 9.59 Å². The van der Waals surface area contributed by atoms with Gasteiger partial charge in [0.05, 0.1) is 4.90 Å². The Labute approximate surface area is 212 Å². The summed E-state index contributed by atoms with van der Waals surface area (Å²) in [6, 6.07) is 11.8. The molecule has 192 valence electrons. The molecule has 3 heterocycles. The van der Waals surface area contributed by atoms with Crippen LogP contribution in [-0.2, 0) is 14.8 Å². The van der Waals surface area contributed by atoms with E-state index < -0.39 is 10.0 Å². The van der Waals surface area contributed by atoms with Crippen LogP contribution in [0.3, 0.4) is 0 Å². The Morgan fingerprint density at radius 2 is 1.75 bits per heavy atom. The van der Waals surface area contributed by atoms with Gasteiger partial charge in [0.25, 0.3) is 5.91 Å². The number of carbonyl (C=O) groups excluding carboxylic acids is 2. The van der Waals surface area contributed by atoms with Gasteiger partial charge in [-0.1, -0.05) is 19.1 Å². The first-order valence-electron chi connectivity index (χ1n) is 12.3. The van der Waals surface area contributed by atoms with Crippen LogP contribution in [0.15, 0.2) is 60.0 Å². The summed E-state index contributed by atoms with van der Waals surface area (Å²) < 4.78 is 28.0. The normalized spacial score (nSPS) is 19.4. The fourth-order valence-corrected chi connectivity index (χ4v) is 6.17. The van der Waals surface area contributed by atoms with Crippen molar-refractivity contribution in [2.24, 2.45) is 0 Å². The molecule has 2 amide bonds. The van der Waals surface area contributed by atoms with Gasteiger partial charge in [0.1, 0.15) is 5.82 Å². The number of hydrogen-bond donors (Lipinski definition) is 1. The summed E-state index contributed by atoms with van der Waals surface area (Å²) in [5.41, 5.74) is 1.42. The number of sulfonamides is 1. The molecule has 4 rings (SSSR count). The van der Waals surface area contributed by atoms with Crippen molar-refractivity contribution in [3.05, 3.63) is 66.4 Å². The van der Waals surface area contributed by atoms with Crippen molar-refractivity contribution in [3.8, 4) is 0 Å². The predicted molar refractivity (Wildman–Crippen MR) is 138 cm³/mol. The van der Waals surface area contributed by atoms with Crippen molar-refractivity contribution in [2.75, 3.05) is 44.2 Å². The van der Waals surface area contributed by atoms with Gasteiger partial charge < -0.3 is 15.1 Å². The summed E-state index contributed by atoms with van der Waals surface area (Å²) >= 11 is 0. The second-order valence-corrected chi connectivity index (χ2v) is 11.1. The van der Waals surface area contributed by atoms with Crippen LogP contribution in [0.5, 0.6) is 0 Å². The number of hydrogen-bond acceptors (Lipinski definition) is 6. The van der Waals surface area contributed by atoms with Crippen LogP contribution in [0.2, 0.25) is 0 Å². The molecule has 1 N–H and O–H groups in total. The lowest BCUT2D eigenvalue weighted by molar-refractivity contribution is -0.117. The van der Waals surface area contributed by atoms with Crippen molar-refractivity contribution in [1.29, 1.82) is 0 Å². The lowest BCUT2D eigenvalue weighted by atomic mass is 10.1. The van der Waals surface area contributed by atoms with E-state index in [9.17, 15) is 18.0 Å². The highest BCUT2D eigenvalue weighted by molar-refractivity contribution is 7.89. The first kappa shape index (κ1) is 25.8. The molecular weight excluding hydrogens is 478 g/mol. The third-order valence-electron chi connectivity index (χ3n) is 6.67. The van der Waals surface area contributed by atoms with Gasteiger partial charge in [-0.25, -0.2) is 13.4 Å². The monoisotopic (exact) mass is 511 g/mol. The van der Waals surface area contributed by atoms with Gasteiger partial charge in [-0.15, -0.1) is 0 Å². The molecule has 1 atom stereocenters. The van der Waals surface area contributed by atoms with Gasteiger partial charge in [-0.2, -0.15) is 4.31 Å². The smallest absolute Gasteiger partial charge is 0.253 e. The Bertz CT molecular complexity index is 1210. The zero-order valence-electron chi connectivity index (χ0n) is 20.6. The number of amides is 2. The van der Waals surface area contributed by atoms with Crippen molar-refractivity contribution >= 4 is 27.7 Å². The molecule has 2 aliphatic rings. The minimum atomic E-state index is -3.75. The summed E-state index contributed by atoms with van der Waals surface area (Å²) in [4.78, 5) is 33.4. The average molecular weight is 512 g/mol. The molecule has 0 saturated carbocycles. The van der Waals surface area contributed by atoms with Gasteiger partial charge in [0, 0.05) is 56.6 Å². The standard InChI is InChI=1S/C26H33N5O4S/c1-3-25(32)28-22-8-4-5-14-31(19-22)36(34,35)23-12-10-21(11-13-23)26(33)30-17-15-29(16-18-30)24-9-6-7-20(2)27-24/h3,6-7,9-13,22H,1,4-5,8,14-19H2,2H3,(H,28,32). The third kappa shape index (κ3) is 5.93. The van der Waals surface area contributed by atoms with Crippen LogP contribution in [0.25, 0.3) is 0 Å². The Morgan fingerprint density at radius 1 is 1.03 bits per heavy atom. The summed E-state index contributed by atoms with van der Waals surface area (Å²) in [6.45, 7) is 8.54. The Kier molecular flexibility index (Phi) is 8.05. The average Bonchev–Trinajstić information content (AvgIpc) is 3.14. The summed E-state index contributed by atoms with van der Waals surface area (Å²) in [6.07, 6.45) is 3.46. The number of benzene rings is 1. The van der Waals surface area contributed by atoms with Crippen LogP contribution in [0.1, 0.15) is 35.3 Å². The zero-order chi connectivity index (χ0) is 25.7. The number of aromatic nitrogens is 1. The maximum Gasteiger partial charge on any atom is 0.253 e. The molecular formula is C26H33N5O4S. The second kappa shape index (κ2) is 11.2. The van der Waals surface area contributed by atoms with Gasteiger partial charge in [-0.05, 0) is 62.2 Å². The van der Waals surface area contributed by atoms with E-state index in [0.717, 1.165) is 24.4 Å². The Balaban J connectivity index is 1.39. The van der Waals surface area contributed by atoms with E-state index in [2.05, 4.69) is 21.8 Å². The maximum absolute atomic E-state index is 13.3. The lowest BCUT2D eigenvalue weighted by Crippen LogP contribution is -2.49. The highest BCUT2D eigenvalue weighted by Crippen LogP contribution is 2.22. The topological polar surface area (TPSA) is 103 Å². The molecule has 0 bridgehead atoms. The van der Waals surface area contributed by atoms with E-state index in [-0.39, 0.29) is 29.3 Å². The highest BCUT2D eigenvalue weighted by atomic mass is 32.2. The summed E-state index contributed by atoms with van der Waals surface area (Å²) in [5.74, 6) is 0.493. The molecule has 9 nitrogen and oxygen atoms in total. The number of piperazine rings is 1. The number of carbonyl (C=O) groups is 2. The van der Waals surface area contributed by atoms with Crippen molar-refractivity contribution in [1.82, 2.24) is 19.5 Å². The number of nitrogens with one attached hydrogen (secondary N) is 1. The quantitative estimate of drug-likeness (QED) is 0.597. The number of aryl methyl sites for hydroxylation is 1. The van der Waals surface area contributed by atoms with Crippen molar-refractivity contribution < 1.29 is 18.0 Å². The molecule has 0 radical (unpaired) electrons. The molecule has 1 unspecified atom stereocenters. The van der Waals surface area contributed by atoms with Crippen LogP contribution in [0, 0.1) is 6.92 Å². The molecule has 2 fully saturated rings. The summed E-state index contributed by atoms with van der Waals surface area (Å²) in [5, 5.41) is 2.82. The van der Waals surface area contributed by atoms with Crippen LogP contribution in [0.4, 0.5) is 5.82 Å². The van der Waals surface area contributed by atoms with Gasteiger partial charge in [0.2, 0.25) is 15.9 Å². The molecule has 2 aromatic rings. The van der Waals surface area contributed by atoms with Gasteiger partial charge >= 0.3 is 0 Å². The molecule has 2 aliphatic heterocycles. The number of rotatable bonds is 6. The second-order valence-electron chi connectivity index (χ2n) is 9.21. The highest BCUT2D eigenvalue weighted by Gasteiger charge is 2.30. The van der Waals surface area contributed by atoms with E-state index >= 15 is 0 Å². The molecule has 0 spiro atoms. The molecule has 1 aromatic carbocycles. The van der Waals surface area contributed by atoms with E-state index in [0.29, 0.717) is 44.7 Å². The van der Waals surface area contributed by atoms with Crippen LogP contribution >= 0.6 is 0 Å². The van der Waals surface area contributed by atoms with E-state index in [4.69, 9.17) is 0 Å². The molecule has 0 aliphatic carbocycles.